The molecular weight excluding hydrogens is 228 g/mol. The quantitative estimate of drug-likeness (QED) is 0.880. The molecular formula is C14H18N2O2. The summed E-state index contributed by atoms with van der Waals surface area (Å²) in [6, 6.07) is 5.84. The van der Waals surface area contributed by atoms with Crippen molar-refractivity contribution in [3.05, 3.63) is 24.4 Å². The van der Waals surface area contributed by atoms with E-state index in [1.54, 1.807) is 6.20 Å². The number of nitrogens with zero attached hydrogens (tertiary/aromatic N) is 1. The van der Waals surface area contributed by atoms with Gasteiger partial charge in [0.1, 0.15) is 0 Å². The number of pyridine rings is 1. The predicted octanol–water partition coefficient (Wildman–Crippen LogP) is 3.07. The number of fused-ring (bicyclic) bond motifs is 1. The zero-order valence-electron chi connectivity index (χ0n) is 11.0. The second kappa shape index (κ2) is 5.58. The third-order valence-corrected chi connectivity index (χ3v) is 2.68. The minimum absolute atomic E-state index is 0.608. The van der Waals surface area contributed by atoms with Crippen LogP contribution in [0.5, 0.6) is 11.5 Å². The van der Waals surface area contributed by atoms with Crippen molar-refractivity contribution < 1.29 is 9.47 Å². The average molecular weight is 246 g/mol. The molecule has 4 nitrogen and oxygen atoms in total. The number of aromatic nitrogens is 1. The van der Waals surface area contributed by atoms with Crippen LogP contribution in [0.4, 0.5) is 5.69 Å². The van der Waals surface area contributed by atoms with E-state index in [9.17, 15) is 0 Å². The van der Waals surface area contributed by atoms with Crippen LogP contribution in [0, 0.1) is 0 Å². The molecule has 0 aliphatic heterocycles. The summed E-state index contributed by atoms with van der Waals surface area (Å²) in [6.45, 7) is 5.14. The van der Waals surface area contributed by atoms with E-state index in [1.807, 2.05) is 39.1 Å². The maximum atomic E-state index is 5.62. The van der Waals surface area contributed by atoms with Gasteiger partial charge < -0.3 is 14.8 Å². The smallest absolute Gasteiger partial charge is 0.163 e. The minimum atomic E-state index is 0.608. The Morgan fingerprint density at radius 2 is 1.78 bits per heavy atom. The van der Waals surface area contributed by atoms with Gasteiger partial charge in [-0.15, -0.1) is 0 Å². The van der Waals surface area contributed by atoms with E-state index in [-0.39, 0.29) is 0 Å². The Balaban J connectivity index is 2.60. The second-order valence-electron chi connectivity index (χ2n) is 3.79. The van der Waals surface area contributed by atoms with Crippen LogP contribution < -0.4 is 14.8 Å². The highest BCUT2D eigenvalue weighted by Gasteiger charge is 2.10. The summed E-state index contributed by atoms with van der Waals surface area (Å²) >= 11 is 0. The number of rotatable bonds is 5. The zero-order chi connectivity index (χ0) is 13.0. The van der Waals surface area contributed by atoms with Gasteiger partial charge >= 0.3 is 0 Å². The molecule has 0 saturated heterocycles. The van der Waals surface area contributed by atoms with Crippen LogP contribution in [0.15, 0.2) is 24.4 Å². The van der Waals surface area contributed by atoms with E-state index >= 15 is 0 Å². The molecule has 0 unspecified atom stereocenters. The van der Waals surface area contributed by atoms with E-state index in [2.05, 4.69) is 10.3 Å². The topological polar surface area (TPSA) is 43.4 Å². The summed E-state index contributed by atoms with van der Waals surface area (Å²) in [7, 11) is 1.89. The number of nitrogens with one attached hydrogen (secondary N) is 1. The molecule has 1 aromatic carbocycles. The normalized spacial score (nSPS) is 10.4. The lowest BCUT2D eigenvalue weighted by Crippen LogP contribution is -1.99. The Morgan fingerprint density at radius 3 is 2.39 bits per heavy atom. The molecule has 0 aliphatic carbocycles. The largest absolute Gasteiger partial charge is 0.490 e. The number of hydrogen-bond acceptors (Lipinski definition) is 4. The monoisotopic (exact) mass is 246 g/mol. The summed E-state index contributed by atoms with van der Waals surface area (Å²) in [4.78, 5) is 4.36. The third-order valence-electron chi connectivity index (χ3n) is 2.68. The van der Waals surface area contributed by atoms with Crippen LogP contribution in [-0.2, 0) is 0 Å². The fourth-order valence-electron chi connectivity index (χ4n) is 1.91. The number of ether oxygens (including phenoxy) is 2. The van der Waals surface area contributed by atoms with Gasteiger partial charge in [-0.1, -0.05) is 0 Å². The first kappa shape index (κ1) is 12.5. The molecule has 0 saturated carbocycles. The van der Waals surface area contributed by atoms with E-state index in [0.29, 0.717) is 13.2 Å². The maximum absolute atomic E-state index is 5.62. The van der Waals surface area contributed by atoms with E-state index < -0.39 is 0 Å². The number of hydrogen-bond donors (Lipinski definition) is 1. The van der Waals surface area contributed by atoms with Crippen LogP contribution in [0.3, 0.4) is 0 Å². The number of benzene rings is 1. The SMILES string of the molecule is CCOc1cc2nccc(NC)c2cc1OCC. The first-order valence-corrected chi connectivity index (χ1v) is 6.16. The van der Waals surface area contributed by atoms with E-state index in [1.165, 1.54) is 0 Å². The standard InChI is InChI=1S/C14H18N2O2/c1-4-17-13-8-10-11(15-3)6-7-16-12(10)9-14(13)18-5-2/h6-9H,4-5H2,1-3H3,(H,15,16). The van der Waals surface area contributed by atoms with Gasteiger partial charge in [0, 0.05) is 30.4 Å². The molecule has 1 aromatic heterocycles. The highest BCUT2D eigenvalue weighted by Crippen LogP contribution is 2.34. The van der Waals surface area contributed by atoms with Crippen LogP contribution in [-0.4, -0.2) is 25.2 Å². The van der Waals surface area contributed by atoms with Crippen LogP contribution >= 0.6 is 0 Å². The molecule has 1 N–H and O–H groups in total. The summed E-state index contributed by atoms with van der Waals surface area (Å²) < 4.78 is 11.2. The highest BCUT2D eigenvalue weighted by atomic mass is 16.5. The molecule has 0 amide bonds. The fraction of sp³-hybridized carbons (Fsp3) is 0.357. The van der Waals surface area contributed by atoms with E-state index in [4.69, 9.17) is 9.47 Å². The molecule has 0 fully saturated rings. The summed E-state index contributed by atoms with van der Waals surface area (Å²) in [5, 5.41) is 4.19. The first-order chi connectivity index (χ1) is 8.80. The van der Waals surface area contributed by atoms with Gasteiger partial charge in [0.25, 0.3) is 0 Å². The summed E-state index contributed by atoms with van der Waals surface area (Å²) in [6.07, 6.45) is 1.78. The lowest BCUT2D eigenvalue weighted by molar-refractivity contribution is 0.288. The molecule has 1 heterocycles. The molecule has 2 aromatic rings. The van der Waals surface area contributed by atoms with Crippen molar-refractivity contribution in [3.63, 3.8) is 0 Å². The Labute approximate surface area is 107 Å². The number of anilines is 1. The van der Waals surface area contributed by atoms with Crippen molar-refractivity contribution in [1.82, 2.24) is 4.98 Å². The molecule has 96 valence electrons. The lowest BCUT2D eigenvalue weighted by Gasteiger charge is -2.13. The molecule has 0 radical (unpaired) electrons. The Bertz CT molecular complexity index is 541. The van der Waals surface area contributed by atoms with Crippen molar-refractivity contribution in [2.75, 3.05) is 25.6 Å². The maximum Gasteiger partial charge on any atom is 0.163 e. The van der Waals surface area contributed by atoms with Crippen molar-refractivity contribution >= 4 is 16.6 Å². The molecule has 0 bridgehead atoms. The molecule has 0 atom stereocenters. The van der Waals surface area contributed by atoms with Gasteiger partial charge in [-0.2, -0.15) is 0 Å². The average Bonchev–Trinajstić information content (AvgIpc) is 2.39. The van der Waals surface area contributed by atoms with Crippen molar-refractivity contribution in [2.24, 2.45) is 0 Å². The van der Waals surface area contributed by atoms with Crippen molar-refractivity contribution in [1.29, 1.82) is 0 Å². The van der Waals surface area contributed by atoms with Gasteiger partial charge in [-0.05, 0) is 26.0 Å². The van der Waals surface area contributed by atoms with Gasteiger partial charge in [0.2, 0.25) is 0 Å². The molecule has 18 heavy (non-hydrogen) atoms. The summed E-state index contributed by atoms with van der Waals surface area (Å²) in [5.41, 5.74) is 1.93. The Hall–Kier alpha value is -1.97. The Kier molecular flexibility index (Phi) is 3.87. The lowest BCUT2D eigenvalue weighted by atomic mass is 10.1. The third kappa shape index (κ3) is 2.32. The minimum Gasteiger partial charge on any atom is -0.490 e. The predicted molar refractivity (Wildman–Crippen MR) is 73.6 cm³/mol. The van der Waals surface area contributed by atoms with E-state index in [0.717, 1.165) is 28.1 Å². The summed E-state index contributed by atoms with van der Waals surface area (Å²) in [5.74, 6) is 1.50. The molecule has 4 heteroatoms. The Morgan fingerprint density at radius 1 is 1.11 bits per heavy atom. The first-order valence-electron chi connectivity index (χ1n) is 6.16. The van der Waals surface area contributed by atoms with Crippen molar-refractivity contribution in [2.45, 2.75) is 13.8 Å². The van der Waals surface area contributed by atoms with Crippen LogP contribution in [0.1, 0.15) is 13.8 Å². The van der Waals surface area contributed by atoms with Gasteiger partial charge in [0.05, 0.1) is 18.7 Å². The molecule has 0 aliphatic rings. The van der Waals surface area contributed by atoms with Gasteiger partial charge in [0.15, 0.2) is 11.5 Å². The van der Waals surface area contributed by atoms with Gasteiger partial charge in [-0.3, -0.25) is 4.98 Å². The highest BCUT2D eigenvalue weighted by molar-refractivity contribution is 5.93. The van der Waals surface area contributed by atoms with Crippen molar-refractivity contribution in [3.8, 4) is 11.5 Å². The van der Waals surface area contributed by atoms with Crippen LogP contribution in [0.2, 0.25) is 0 Å². The zero-order valence-corrected chi connectivity index (χ0v) is 11.0. The van der Waals surface area contributed by atoms with Gasteiger partial charge in [-0.25, -0.2) is 0 Å². The second-order valence-corrected chi connectivity index (χ2v) is 3.79. The molecule has 0 spiro atoms. The fourth-order valence-corrected chi connectivity index (χ4v) is 1.91. The van der Waals surface area contributed by atoms with Crippen LogP contribution in [0.25, 0.3) is 10.9 Å². The molecule has 2 rings (SSSR count).